The van der Waals surface area contributed by atoms with Crippen LogP contribution < -0.4 is 5.32 Å². The minimum atomic E-state index is -0.333. The fraction of sp³-hybridized carbons (Fsp3) is 0.0833. The van der Waals surface area contributed by atoms with Crippen LogP contribution in [0.15, 0.2) is 36.5 Å². The molecule has 0 unspecified atom stereocenters. The van der Waals surface area contributed by atoms with Gasteiger partial charge in [-0.25, -0.2) is 9.97 Å². The van der Waals surface area contributed by atoms with Gasteiger partial charge in [0, 0.05) is 12.7 Å². The quantitative estimate of drug-likeness (QED) is 0.695. The van der Waals surface area contributed by atoms with Gasteiger partial charge in [0.2, 0.25) is 5.28 Å². The molecule has 1 aromatic heterocycles. The molecule has 1 aromatic carbocycles. The van der Waals surface area contributed by atoms with Crippen molar-refractivity contribution >= 4 is 29.1 Å². The van der Waals surface area contributed by atoms with E-state index in [2.05, 4.69) is 15.3 Å². The molecule has 0 radical (unpaired) electrons. The molecular formula is C12H9Cl2N3O. The topological polar surface area (TPSA) is 54.9 Å². The van der Waals surface area contributed by atoms with Gasteiger partial charge in [0.15, 0.2) is 0 Å². The maximum absolute atomic E-state index is 11.8. The summed E-state index contributed by atoms with van der Waals surface area (Å²) in [4.78, 5) is 19.3. The molecular weight excluding hydrogens is 273 g/mol. The van der Waals surface area contributed by atoms with Crippen molar-refractivity contribution in [1.82, 2.24) is 15.3 Å². The Morgan fingerprint density at radius 2 is 1.94 bits per heavy atom. The Labute approximate surface area is 114 Å². The highest BCUT2D eigenvalue weighted by Gasteiger charge is 2.12. The van der Waals surface area contributed by atoms with E-state index in [1.807, 2.05) is 30.3 Å². The lowest BCUT2D eigenvalue weighted by Crippen LogP contribution is -2.23. The molecule has 0 aliphatic carbocycles. The molecule has 1 N–H and O–H groups in total. The molecule has 0 aliphatic rings. The highest BCUT2D eigenvalue weighted by molar-refractivity contribution is 6.34. The van der Waals surface area contributed by atoms with E-state index in [0.29, 0.717) is 6.54 Å². The van der Waals surface area contributed by atoms with Crippen LogP contribution >= 0.6 is 23.2 Å². The molecule has 18 heavy (non-hydrogen) atoms. The van der Waals surface area contributed by atoms with Gasteiger partial charge in [-0.2, -0.15) is 0 Å². The third-order valence-electron chi connectivity index (χ3n) is 2.25. The summed E-state index contributed by atoms with van der Waals surface area (Å²) in [6.07, 6.45) is 1.30. The van der Waals surface area contributed by atoms with Gasteiger partial charge in [0.25, 0.3) is 5.91 Å². The summed E-state index contributed by atoms with van der Waals surface area (Å²) in [5.74, 6) is -0.333. The number of nitrogens with zero attached hydrogens (tertiary/aromatic N) is 2. The van der Waals surface area contributed by atoms with Crippen molar-refractivity contribution in [2.45, 2.75) is 6.54 Å². The number of nitrogens with one attached hydrogen (secondary N) is 1. The molecule has 0 aliphatic heterocycles. The lowest BCUT2D eigenvalue weighted by molar-refractivity contribution is 0.0950. The van der Waals surface area contributed by atoms with E-state index in [-0.39, 0.29) is 21.9 Å². The fourth-order valence-corrected chi connectivity index (χ4v) is 1.76. The van der Waals surface area contributed by atoms with Crippen molar-refractivity contribution in [1.29, 1.82) is 0 Å². The Bertz CT molecular complexity index is 561. The van der Waals surface area contributed by atoms with Crippen LogP contribution in [0.4, 0.5) is 0 Å². The number of rotatable bonds is 3. The summed E-state index contributed by atoms with van der Waals surface area (Å²) >= 11 is 11.4. The maximum atomic E-state index is 11.8. The molecule has 1 heterocycles. The zero-order valence-corrected chi connectivity index (χ0v) is 10.7. The second-order valence-corrected chi connectivity index (χ2v) is 4.21. The maximum Gasteiger partial charge on any atom is 0.256 e. The van der Waals surface area contributed by atoms with Crippen molar-refractivity contribution in [3.05, 3.63) is 58.1 Å². The van der Waals surface area contributed by atoms with Gasteiger partial charge in [-0.1, -0.05) is 41.9 Å². The number of hydrogen-bond donors (Lipinski definition) is 1. The molecule has 0 saturated carbocycles. The van der Waals surface area contributed by atoms with E-state index >= 15 is 0 Å². The van der Waals surface area contributed by atoms with Crippen LogP contribution in [0.5, 0.6) is 0 Å². The third kappa shape index (κ3) is 3.18. The molecule has 2 rings (SSSR count). The van der Waals surface area contributed by atoms with E-state index in [9.17, 15) is 4.79 Å². The highest BCUT2D eigenvalue weighted by atomic mass is 35.5. The molecule has 4 nitrogen and oxygen atoms in total. The van der Waals surface area contributed by atoms with Gasteiger partial charge < -0.3 is 5.32 Å². The van der Waals surface area contributed by atoms with Crippen molar-refractivity contribution < 1.29 is 4.79 Å². The SMILES string of the molecule is O=C(NCc1ccccc1)c1cnc(Cl)nc1Cl. The average molecular weight is 282 g/mol. The van der Waals surface area contributed by atoms with Crippen LogP contribution in [0.3, 0.4) is 0 Å². The van der Waals surface area contributed by atoms with Crippen molar-refractivity contribution in [3.63, 3.8) is 0 Å². The van der Waals surface area contributed by atoms with E-state index in [1.165, 1.54) is 6.20 Å². The smallest absolute Gasteiger partial charge is 0.256 e. The number of carbonyl (C=O) groups is 1. The summed E-state index contributed by atoms with van der Waals surface area (Å²) in [5, 5.41) is 2.78. The molecule has 92 valence electrons. The molecule has 0 spiro atoms. The van der Waals surface area contributed by atoms with Gasteiger partial charge in [0.05, 0.1) is 5.56 Å². The van der Waals surface area contributed by atoms with Gasteiger partial charge in [-0.05, 0) is 17.2 Å². The predicted molar refractivity (Wildman–Crippen MR) is 69.7 cm³/mol. The average Bonchev–Trinajstić information content (AvgIpc) is 2.37. The number of halogens is 2. The van der Waals surface area contributed by atoms with E-state index in [0.717, 1.165) is 5.56 Å². The van der Waals surface area contributed by atoms with Crippen molar-refractivity contribution in [3.8, 4) is 0 Å². The summed E-state index contributed by atoms with van der Waals surface area (Å²) in [5.41, 5.74) is 1.20. The molecule has 0 bridgehead atoms. The second-order valence-electron chi connectivity index (χ2n) is 3.51. The lowest BCUT2D eigenvalue weighted by atomic mass is 10.2. The normalized spacial score (nSPS) is 10.1. The number of carbonyl (C=O) groups excluding carboxylic acids is 1. The Hall–Kier alpha value is -1.65. The Morgan fingerprint density at radius 1 is 1.22 bits per heavy atom. The number of hydrogen-bond acceptors (Lipinski definition) is 3. The third-order valence-corrected chi connectivity index (χ3v) is 2.72. The summed E-state index contributed by atoms with van der Waals surface area (Å²) in [7, 11) is 0. The number of benzene rings is 1. The van der Waals surface area contributed by atoms with Crippen molar-refractivity contribution in [2.24, 2.45) is 0 Å². The van der Waals surface area contributed by atoms with Crippen molar-refractivity contribution in [2.75, 3.05) is 0 Å². The zero-order valence-electron chi connectivity index (χ0n) is 9.23. The first-order chi connectivity index (χ1) is 8.66. The first kappa shape index (κ1) is 12.8. The Morgan fingerprint density at radius 3 is 2.61 bits per heavy atom. The minimum Gasteiger partial charge on any atom is -0.348 e. The number of amides is 1. The van der Waals surface area contributed by atoms with Crippen LogP contribution in [0.2, 0.25) is 10.4 Å². The molecule has 6 heteroatoms. The number of aromatic nitrogens is 2. The molecule has 0 fully saturated rings. The van der Waals surface area contributed by atoms with Gasteiger partial charge in [0.1, 0.15) is 5.15 Å². The fourth-order valence-electron chi connectivity index (χ4n) is 1.37. The minimum absolute atomic E-state index is 0.0135. The standard InChI is InChI=1S/C12H9Cl2N3O/c13-10-9(7-16-12(14)17-10)11(18)15-6-8-4-2-1-3-5-8/h1-5,7H,6H2,(H,15,18). The predicted octanol–water partition coefficient (Wildman–Crippen LogP) is 2.71. The van der Waals surface area contributed by atoms with Gasteiger partial charge in [-0.3, -0.25) is 4.79 Å². The largest absolute Gasteiger partial charge is 0.348 e. The molecule has 1 amide bonds. The highest BCUT2D eigenvalue weighted by Crippen LogP contribution is 2.14. The zero-order chi connectivity index (χ0) is 13.0. The first-order valence-corrected chi connectivity index (χ1v) is 5.92. The monoisotopic (exact) mass is 281 g/mol. The van der Waals surface area contributed by atoms with Crippen LogP contribution in [0, 0.1) is 0 Å². The Kier molecular flexibility index (Phi) is 4.12. The van der Waals surface area contributed by atoms with E-state index in [1.54, 1.807) is 0 Å². The van der Waals surface area contributed by atoms with Gasteiger partial charge >= 0.3 is 0 Å². The summed E-state index contributed by atoms with van der Waals surface area (Å²) in [6, 6.07) is 9.55. The van der Waals surface area contributed by atoms with Crippen LogP contribution in [-0.4, -0.2) is 15.9 Å². The molecule has 0 atom stereocenters. The molecule has 2 aromatic rings. The summed E-state index contributed by atoms with van der Waals surface area (Å²) < 4.78 is 0. The van der Waals surface area contributed by atoms with Crippen LogP contribution in [0.1, 0.15) is 15.9 Å². The van der Waals surface area contributed by atoms with Crippen LogP contribution in [0.25, 0.3) is 0 Å². The van der Waals surface area contributed by atoms with E-state index < -0.39 is 0 Å². The van der Waals surface area contributed by atoms with E-state index in [4.69, 9.17) is 23.2 Å². The summed E-state index contributed by atoms with van der Waals surface area (Å²) in [6.45, 7) is 0.415. The van der Waals surface area contributed by atoms with Crippen LogP contribution in [-0.2, 0) is 6.54 Å². The van der Waals surface area contributed by atoms with Gasteiger partial charge in [-0.15, -0.1) is 0 Å². The Balaban J connectivity index is 2.04. The molecule has 0 saturated heterocycles. The lowest BCUT2D eigenvalue weighted by Gasteiger charge is -2.06. The first-order valence-electron chi connectivity index (χ1n) is 5.17. The second kappa shape index (κ2) is 5.80.